The van der Waals surface area contributed by atoms with E-state index in [4.69, 9.17) is 0 Å². The molecule has 1 aliphatic heterocycles. The second-order valence-corrected chi connectivity index (χ2v) is 6.13. The standard InChI is InChI=1S/C15H21BrN2O.ClH/c1-3-15(8-5-9-17-15)14(19)18-11(2)12-6-4-7-13(16)10-12;/h4,6-7,10-11,17H,3,5,8-9H2,1-2H3,(H,18,19);1H. The zero-order valence-corrected chi connectivity index (χ0v) is 14.3. The van der Waals surface area contributed by atoms with Crippen LogP contribution in [0.4, 0.5) is 0 Å². The van der Waals surface area contributed by atoms with Crippen LogP contribution >= 0.6 is 28.3 Å². The minimum absolute atomic E-state index is 0. The molecule has 0 spiro atoms. The quantitative estimate of drug-likeness (QED) is 0.860. The summed E-state index contributed by atoms with van der Waals surface area (Å²) >= 11 is 3.46. The summed E-state index contributed by atoms with van der Waals surface area (Å²) in [5.74, 6) is 0.125. The average molecular weight is 362 g/mol. The molecule has 0 bridgehead atoms. The van der Waals surface area contributed by atoms with Crippen molar-refractivity contribution in [2.75, 3.05) is 6.54 Å². The van der Waals surface area contributed by atoms with E-state index >= 15 is 0 Å². The van der Waals surface area contributed by atoms with Gasteiger partial charge in [-0.1, -0.05) is 35.0 Å². The summed E-state index contributed by atoms with van der Waals surface area (Å²) in [6.07, 6.45) is 2.84. The third-order valence-corrected chi connectivity index (χ3v) is 4.47. The molecule has 1 aromatic rings. The predicted octanol–water partition coefficient (Wildman–Crippen LogP) is 3.58. The Balaban J connectivity index is 0.00000200. The second-order valence-electron chi connectivity index (χ2n) is 5.22. The number of hydrogen-bond acceptors (Lipinski definition) is 2. The van der Waals surface area contributed by atoms with Gasteiger partial charge in [0.05, 0.1) is 11.6 Å². The fourth-order valence-corrected chi connectivity index (χ4v) is 3.07. The molecule has 112 valence electrons. The van der Waals surface area contributed by atoms with Crippen LogP contribution < -0.4 is 10.6 Å². The zero-order valence-electron chi connectivity index (χ0n) is 11.9. The number of hydrogen-bond donors (Lipinski definition) is 2. The monoisotopic (exact) mass is 360 g/mol. The molecule has 1 fully saturated rings. The van der Waals surface area contributed by atoms with Crippen molar-refractivity contribution in [1.29, 1.82) is 0 Å². The van der Waals surface area contributed by atoms with Gasteiger partial charge in [0, 0.05) is 4.47 Å². The molecule has 2 unspecified atom stereocenters. The lowest BCUT2D eigenvalue weighted by Gasteiger charge is -2.28. The minimum Gasteiger partial charge on any atom is -0.348 e. The first kappa shape index (κ1) is 17.5. The van der Waals surface area contributed by atoms with Gasteiger partial charge in [-0.15, -0.1) is 12.4 Å². The van der Waals surface area contributed by atoms with Crippen molar-refractivity contribution in [3.63, 3.8) is 0 Å². The van der Waals surface area contributed by atoms with Gasteiger partial charge < -0.3 is 10.6 Å². The predicted molar refractivity (Wildman–Crippen MR) is 88.2 cm³/mol. The number of rotatable bonds is 4. The van der Waals surface area contributed by atoms with Crippen molar-refractivity contribution < 1.29 is 4.79 Å². The Labute approximate surface area is 135 Å². The maximum absolute atomic E-state index is 12.5. The topological polar surface area (TPSA) is 41.1 Å². The van der Waals surface area contributed by atoms with Crippen LogP contribution in [0.5, 0.6) is 0 Å². The van der Waals surface area contributed by atoms with Crippen molar-refractivity contribution in [3.8, 4) is 0 Å². The molecule has 3 nitrogen and oxygen atoms in total. The van der Waals surface area contributed by atoms with E-state index in [-0.39, 0.29) is 29.9 Å². The van der Waals surface area contributed by atoms with Gasteiger partial charge in [0.25, 0.3) is 0 Å². The summed E-state index contributed by atoms with van der Waals surface area (Å²) in [6, 6.07) is 8.09. The van der Waals surface area contributed by atoms with Gasteiger partial charge in [0.15, 0.2) is 0 Å². The summed E-state index contributed by atoms with van der Waals surface area (Å²) in [4.78, 5) is 12.5. The molecular weight excluding hydrogens is 340 g/mol. The molecule has 20 heavy (non-hydrogen) atoms. The zero-order chi connectivity index (χ0) is 13.9. The van der Waals surface area contributed by atoms with Crippen LogP contribution in [0.3, 0.4) is 0 Å². The Morgan fingerprint density at radius 2 is 2.30 bits per heavy atom. The van der Waals surface area contributed by atoms with Gasteiger partial charge in [0.2, 0.25) is 5.91 Å². The van der Waals surface area contributed by atoms with E-state index in [0.29, 0.717) is 0 Å². The lowest BCUT2D eigenvalue weighted by Crippen LogP contribution is -2.53. The lowest BCUT2D eigenvalue weighted by molar-refractivity contribution is -0.128. The molecule has 0 radical (unpaired) electrons. The van der Waals surface area contributed by atoms with Gasteiger partial charge in [0.1, 0.15) is 0 Å². The highest BCUT2D eigenvalue weighted by Crippen LogP contribution is 2.25. The second kappa shape index (κ2) is 7.43. The summed E-state index contributed by atoms with van der Waals surface area (Å²) in [5, 5.41) is 6.50. The Morgan fingerprint density at radius 1 is 1.55 bits per heavy atom. The van der Waals surface area contributed by atoms with Crippen LogP contribution in [0.25, 0.3) is 0 Å². The molecule has 2 N–H and O–H groups in total. The molecule has 0 saturated carbocycles. The van der Waals surface area contributed by atoms with E-state index in [2.05, 4.69) is 33.5 Å². The highest BCUT2D eigenvalue weighted by Gasteiger charge is 2.39. The Hall–Kier alpha value is -0.580. The molecule has 0 aromatic heterocycles. The third-order valence-electron chi connectivity index (χ3n) is 3.98. The minimum atomic E-state index is -0.361. The first-order valence-electron chi connectivity index (χ1n) is 6.89. The summed E-state index contributed by atoms with van der Waals surface area (Å²) in [6.45, 7) is 5.03. The molecule has 1 saturated heterocycles. The molecule has 1 aliphatic rings. The van der Waals surface area contributed by atoms with E-state index < -0.39 is 0 Å². The summed E-state index contributed by atoms with van der Waals surface area (Å²) in [7, 11) is 0. The first-order chi connectivity index (χ1) is 9.07. The maximum Gasteiger partial charge on any atom is 0.240 e. The Bertz CT molecular complexity index is 461. The number of amides is 1. The first-order valence-corrected chi connectivity index (χ1v) is 7.68. The van der Waals surface area contributed by atoms with Crippen LogP contribution in [0, 0.1) is 0 Å². The fourth-order valence-electron chi connectivity index (χ4n) is 2.66. The van der Waals surface area contributed by atoms with E-state index in [1.807, 2.05) is 31.2 Å². The van der Waals surface area contributed by atoms with Crippen molar-refractivity contribution >= 4 is 34.2 Å². The van der Waals surface area contributed by atoms with Crippen molar-refractivity contribution in [2.45, 2.75) is 44.7 Å². The third kappa shape index (κ3) is 3.74. The number of carbonyl (C=O) groups excluding carboxylic acids is 1. The molecule has 2 atom stereocenters. The van der Waals surface area contributed by atoms with E-state index in [9.17, 15) is 4.79 Å². The van der Waals surface area contributed by atoms with Crippen molar-refractivity contribution in [3.05, 3.63) is 34.3 Å². The molecule has 1 aromatic carbocycles. The van der Waals surface area contributed by atoms with Crippen LogP contribution in [-0.4, -0.2) is 18.0 Å². The number of nitrogens with one attached hydrogen (secondary N) is 2. The van der Waals surface area contributed by atoms with Gasteiger partial charge in [-0.3, -0.25) is 4.79 Å². The lowest BCUT2D eigenvalue weighted by atomic mass is 9.92. The van der Waals surface area contributed by atoms with Crippen LogP contribution in [-0.2, 0) is 4.79 Å². The van der Waals surface area contributed by atoms with Gasteiger partial charge >= 0.3 is 0 Å². The molecule has 2 rings (SSSR count). The molecule has 1 amide bonds. The van der Waals surface area contributed by atoms with E-state index in [1.165, 1.54) is 0 Å². The fraction of sp³-hybridized carbons (Fsp3) is 0.533. The number of halogens is 2. The average Bonchev–Trinajstić information content (AvgIpc) is 2.88. The van der Waals surface area contributed by atoms with Crippen LogP contribution in [0.15, 0.2) is 28.7 Å². The number of carbonyl (C=O) groups is 1. The van der Waals surface area contributed by atoms with Crippen LogP contribution in [0.1, 0.15) is 44.7 Å². The van der Waals surface area contributed by atoms with Gasteiger partial charge in [-0.05, 0) is 50.4 Å². The normalized spacial score (nSPS) is 22.9. The van der Waals surface area contributed by atoms with E-state index in [1.54, 1.807) is 0 Å². The van der Waals surface area contributed by atoms with Crippen LogP contribution in [0.2, 0.25) is 0 Å². The Kier molecular flexibility index (Phi) is 6.49. The number of benzene rings is 1. The Morgan fingerprint density at radius 3 is 2.85 bits per heavy atom. The molecular formula is C15H22BrClN2O. The highest BCUT2D eigenvalue weighted by molar-refractivity contribution is 9.10. The van der Waals surface area contributed by atoms with Crippen molar-refractivity contribution in [2.24, 2.45) is 0 Å². The smallest absolute Gasteiger partial charge is 0.240 e. The molecule has 1 heterocycles. The summed E-state index contributed by atoms with van der Waals surface area (Å²) in [5.41, 5.74) is 0.757. The highest BCUT2D eigenvalue weighted by atomic mass is 79.9. The van der Waals surface area contributed by atoms with Gasteiger partial charge in [-0.2, -0.15) is 0 Å². The maximum atomic E-state index is 12.5. The SMILES string of the molecule is CCC1(C(=O)NC(C)c2cccc(Br)c2)CCCN1.Cl. The largest absolute Gasteiger partial charge is 0.348 e. The van der Waals surface area contributed by atoms with E-state index in [0.717, 1.165) is 35.8 Å². The molecule has 5 heteroatoms. The van der Waals surface area contributed by atoms with Crippen molar-refractivity contribution in [1.82, 2.24) is 10.6 Å². The van der Waals surface area contributed by atoms with Gasteiger partial charge in [-0.25, -0.2) is 0 Å². The summed E-state index contributed by atoms with van der Waals surface area (Å²) < 4.78 is 1.04. The molecule has 0 aliphatic carbocycles.